The van der Waals surface area contributed by atoms with Gasteiger partial charge in [0, 0.05) is 37.2 Å². The molecule has 2 aliphatic heterocycles. The van der Waals surface area contributed by atoms with Crippen LogP contribution in [0.15, 0.2) is 15.3 Å². The topological polar surface area (TPSA) is 97.1 Å². The third-order valence-electron chi connectivity index (χ3n) is 6.33. The summed E-state index contributed by atoms with van der Waals surface area (Å²) in [6, 6.07) is 1.53. The van der Waals surface area contributed by atoms with Gasteiger partial charge in [-0.05, 0) is 69.5 Å². The zero-order chi connectivity index (χ0) is 25.7. The summed E-state index contributed by atoms with van der Waals surface area (Å²) in [4.78, 5) is 34.3. The van der Waals surface area contributed by atoms with E-state index in [0.29, 0.717) is 59.1 Å². The van der Waals surface area contributed by atoms with Crippen LogP contribution in [-0.2, 0) is 11.3 Å². The molecular weight excluding hydrogens is 540 g/mol. The van der Waals surface area contributed by atoms with E-state index in [0.717, 1.165) is 5.39 Å². The number of halogens is 2. The van der Waals surface area contributed by atoms with Gasteiger partial charge < -0.3 is 24.4 Å². The van der Waals surface area contributed by atoms with Crippen molar-refractivity contribution in [3.8, 4) is 5.75 Å². The molecule has 3 heterocycles. The molecule has 35 heavy (non-hydrogen) atoms. The molecule has 0 aliphatic carbocycles. The van der Waals surface area contributed by atoms with Crippen LogP contribution in [0.5, 0.6) is 5.75 Å². The SMILES string of the molecule is C[C@@H]1CN(c2nc(=O)n3c4c(c(Br)c(Cl)cc24)O[C@H](CCCO)C3)[C@@H](C)CN1C(=O)OC(C)(C)C. The van der Waals surface area contributed by atoms with Gasteiger partial charge in [-0.3, -0.25) is 4.57 Å². The van der Waals surface area contributed by atoms with E-state index in [9.17, 15) is 14.7 Å². The number of amides is 1. The quantitative estimate of drug-likeness (QED) is 0.588. The molecule has 0 saturated carbocycles. The second kappa shape index (κ2) is 9.78. The monoisotopic (exact) mass is 570 g/mol. The standard InChI is InChI=1S/C24H32BrClN4O5/c1-13-11-29(23(33)35-24(3,4)5)14(2)10-28(13)21-16-9-17(26)18(25)20-19(16)30(22(32)27-21)12-15(34-20)7-6-8-31/h9,13-15,31H,6-8,10-12H2,1-5H3/t13-,14+,15+/m0/s1. The number of aromatic nitrogens is 2. The summed E-state index contributed by atoms with van der Waals surface area (Å²) in [6.45, 7) is 10.8. The van der Waals surface area contributed by atoms with E-state index in [2.05, 4.69) is 25.8 Å². The molecule has 0 unspecified atom stereocenters. The van der Waals surface area contributed by atoms with Gasteiger partial charge in [0.2, 0.25) is 0 Å². The molecule has 1 aromatic carbocycles. The first-order chi connectivity index (χ1) is 16.4. The molecule has 2 aromatic rings. The number of rotatable bonds is 4. The summed E-state index contributed by atoms with van der Waals surface area (Å²) in [5.74, 6) is 1.04. The van der Waals surface area contributed by atoms with Crippen LogP contribution in [0.1, 0.15) is 47.5 Å². The lowest BCUT2D eigenvalue weighted by atomic mass is 10.1. The summed E-state index contributed by atoms with van der Waals surface area (Å²) in [7, 11) is 0. The third-order valence-corrected chi connectivity index (χ3v) is 7.65. The minimum Gasteiger partial charge on any atom is -0.485 e. The van der Waals surface area contributed by atoms with Crippen LogP contribution in [0.4, 0.5) is 10.6 Å². The fourth-order valence-electron chi connectivity index (χ4n) is 4.71. The number of nitrogens with zero attached hydrogens (tertiary/aromatic N) is 4. The molecule has 2 aliphatic rings. The smallest absolute Gasteiger partial charge is 0.410 e. The number of hydrogen-bond acceptors (Lipinski definition) is 7. The van der Waals surface area contributed by atoms with Crippen LogP contribution >= 0.6 is 27.5 Å². The highest BCUT2D eigenvalue weighted by Crippen LogP contribution is 2.44. The first-order valence-corrected chi connectivity index (χ1v) is 13.0. The van der Waals surface area contributed by atoms with E-state index >= 15 is 0 Å². The van der Waals surface area contributed by atoms with Gasteiger partial charge in [0.25, 0.3) is 0 Å². The van der Waals surface area contributed by atoms with Gasteiger partial charge in [0.15, 0.2) is 5.75 Å². The second-order valence-electron chi connectivity index (χ2n) is 10.3. The lowest BCUT2D eigenvalue weighted by Gasteiger charge is -2.45. The maximum atomic E-state index is 13.2. The molecule has 1 saturated heterocycles. The van der Waals surface area contributed by atoms with E-state index in [-0.39, 0.29) is 36.6 Å². The Morgan fingerprint density at radius 3 is 2.66 bits per heavy atom. The Labute approximate surface area is 218 Å². The van der Waals surface area contributed by atoms with Crippen LogP contribution in [0.2, 0.25) is 5.02 Å². The molecule has 0 spiro atoms. The molecular formula is C24H32BrClN4O5. The lowest BCUT2D eigenvalue weighted by Crippen LogP contribution is -2.59. The first-order valence-electron chi connectivity index (χ1n) is 11.9. The summed E-state index contributed by atoms with van der Waals surface area (Å²) < 4.78 is 14.0. The third kappa shape index (κ3) is 5.11. The second-order valence-corrected chi connectivity index (χ2v) is 11.5. The predicted molar refractivity (Wildman–Crippen MR) is 139 cm³/mol. The van der Waals surface area contributed by atoms with Crippen LogP contribution in [0.3, 0.4) is 0 Å². The zero-order valence-electron chi connectivity index (χ0n) is 20.7. The summed E-state index contributed by atoms with van der Waals surface area (Å²) >= 11 is 10.1. The van der Waals surface area contributed by atoms with E-state index in [1.54, 1.807) is 15.5 Å². The summed E-state index contributed by atoms with van der Waals surface area (Å²) in [6.07, 6.45) is 0.551. The van der Waals surface area contributed by atoms with Crippen molar-refractivity contribution < 1.29 is 19.4 Å². The molecule has 192 valence electrons. The van der Waals surface area contributed by atoms with Gasteiger partial charge in [-0.1, -0.05) is 11.6 Å². The molecule has 4 rings (SSSR count). The highest BCUT2D eigenvalue weighted by Gasteiger charge is 2.37. The fourth-order valence-corrected chi connectivity index (χ4v) is 5.30. The number of piperazine rings is 1. The molecule has 1 fully saturated rings. The molecule has 1 N–H and O–H groups in total. The number of hydrogen-bond donors (Lipinski definition) is 1. The first kappa shape index (κ1) is 26.0. The van der Waals surface area contributed by atoms with E-state index < -0.39 is 5.60 Å². The van der Waals surface area contributed by atoms with Crippen molar-refractivity contribution >= 4 is 50.3 Å². The maximum absolute atomic E-state index is 13.2. The Kier molecular flexibility index (Phi) is 7.28. The van der Waals surface area contributed by atoms with Gasteiger partial charge in [-0.2, -0.15) is 4.98 Å². The summed E-state index contributed by atoms with van der Waals surface area (Å²) in [5.41, 5.74) is -0.302. The molecule has 9 nitrogen and oxygen atoms in total. The van der Waals surface area contributed by atoms with Gasteiger partial charge in [-0.25, -0.2) is 9.59 Å². The largest absolute Gasteiger partial charge is 0.485 e. The minimum absolute atomic E-state index is 0.0519. The number of aliphatic hydroxyl groups is 1. The maximum Gasteiger partial charge on any atom is 0.410 e. The number of carbonyl (C=O) groups excluding carboxylic acids is 1. The van der Waals surface area contributed by atoms with Crippen molar-refractivity contribution in [1.82, 2.24) is 14.5 Å². The van der Waals surface area contributed by atoms with Crippen molar-refractivity contribution in [2.75, 3.05) is 24.6 Å². The minimum atomic E-state index is -0.581. The van der Waals surface area contributed by atoms with E-state index in [4.69, 9.17) is 21.1 Å². The Bertz CT molecular complexity index is 1200. The molecule has 11 heteroatoms. The summed E-state index contributed by atoms with van der Waals surface area (Å²) in [5, 5.41) is 10.4. The van der Waals surface area contributed by atoms with E-state index in [1.165, 1.54) is 0 Å². The highest BCUT2D eigenvalue weighted by atomic mass is 79.9. The van der Waals surface area contributed by atoms with Crippen molar-refractivity contribution in [2.24, 2.45) is 0 Å². The highest BCUT2D eigenvalue weighted by molar-refractivity contribution is 9.10. The lowest BCUT2D eigenvalue weighted by molar-refractivity contribution is 0.0130. The Morgan fingerprint density at radius 2 is 2.00 bits per heavy atom. The molecule has 0 radical (unpaired) electrons. The normalized spacial score (nSPS) is 22.3. The number of benzene rings is 1. The Balaban J connectivity index is 1.73. The molecule has 0 bridgehead atoms. The number of ether oxygens (including phenoxy) is 2. The van der Waals surface area contributed by atoms with Crippen LogP contribution in [0.25, 0.3) is 10.9 Å². The van der Waals surface area contributed by atoms with Crippen LogP contribution < -0.4 is 15.3 Å². The van der Waals surface area contributed by atoms with Gasteiger partial charge in [0.05, 0.1) is 16.0 Å². The van der Waals surface area contributed by atoms with Crippen LogP contribution in [-0.4, -0.2) is 69.1 Å². The Morgan fingerprint density at radius 1 is 1.29 bits per heavy atom. The van der Waals surface area contributed by atoms with Gasteiger partial charge in [0.1, 0.15) is 23.0 Å². The number of aliphatic hydroxyl groups excluding tert-OH is 1. The zero-order valence-corrected chi connectivity index (χ0v) is 23.0. The molecule has 1 aromatic heterocycles. The Hall–Kier alpha value is -2.04. The average Bonchev–Trinajstić information content (AvgIpc) is 2.77. The number of anilines is 1. The van der Waals surface area contributed by atoms with Crippen molar-refractivity contribution in [3.05, 3.63) is 26.0 Å². The molecule has 1 amide bonds. The molecule has 3 atom stereocenters. The van der Waals surface area contributed by atoms with Crippen molar-refractivity contribution in [3.63, 3.8) is 0 Å². The predicted octanol–water partition coefficient (Wildman–Crippen LogP) is 4.18. The van der Waals surface area contributed by atoms with Gasteiger partial charge >= 0.3 is 11.8 Å². The fraction of sp³-hybridized carbons (Fsp3) is 0.625. The van der Waals surface area contributed by atoms with Crippen molar-refractivity contribution in [1.29, 1.82) is 0 Å². The van der Waals surface area contributed by atoms with E-state index in [1.807, 2.05) is 34.6 Å². The average molecular weight is 572 g/mol. The van der Waals surface area contributed by atoms with Crippen molar-refractivity contribution in [2.45, 2.75) is 77.8 Å². The number of carbonyl (C=O) groups is 1. The van der Waals surface area contributed by atoms with Gasteiger partial charge in [-0.15, -0.1) is 0 Å². The van der Waals surface area contributed by atoms with Crippen LogP contribution in [0, 0.1) is 0 Å².